The number of rotatable bonds is 9. The molecular formula is C28H30ClN3O4. The molecule has 2 heterocycles. The second-order valence-electron chi connectivity index (χ2n) is 8.49. The lowest BCUT2D eigenvalue weighted by Crippen LogP contribution is -2.50. The van der Waals surface area contributed by atoms with Crippen LogP contribution in [0.3, 0.4) is 0 Å². The molecule has 0 unspecified atom stereocenters. The van der Waals surface area contributed by atoms with Gasteiger partial charge < -0.3 is 19.0 Å². The van der Waals surface area contributed by atoms with E-state index >= 15 is 0 Å². The predicted octanol–water partition coefficient (Wildman–Crippen LogP) is 4.56. The monoisotopic (exact) mass is 507 g/mol. The molecule has 1 aliphatic heterocycles. The highest BCUT2D eigenvalue weighted by atomic mass is 35.5. The molecule has 7 nitrogen and oxygen atoms in total. The van der Waals surface area contributed by atoms with Gasteiger partial charge in [0.2, 0.25) is 0 Å². The Bertz CT molecular complexity index is 1190. The number of piperazine rings is 1. The first-order valence-electron chi connectivity index (χ1n) is 12.0. The number of methoxy groups -OCH3 is 1. The Hall–Kier alpha value is -3.55. The van der Waals surface area contributed by atoms with Gasteiger partial charge in [0.1, 0.15) is 5.75 Å². The van der Waals surface area contributed by atoms with Crippen LogP contribution in [0.5, 0.6) is 5.75 Å². The topological polar surface area (TPSA) is 66.2 Å². The van der Waals surface area contributed by atoms with Crippen molar-refractivity contribution in [3.63, 3.8) is 0 Å². The number of para-hydroxylation sites is 1. The van der Waals surface area contributed by atoms with Gasteiger partial charge >= 0.3 is 0 Å². The Kier molecular flexibility index (Phi) is 8.81. The molecule has 0 spiro atoms. The Balaban J connectivity index is 1.39. The number of ether oxygens (including phenoxy) is 1. The Labute approximate surface area is 216 Å². The molecule has 1 aliphatic rings. The fraction of sp³-hybridized carbons (Fsp3) is 0.286. The van der Waals surface area contributed by atoms with Gasteiger partial charge in [0.15, 0.2) is 5.76 Å². The lowest BCUT2D eigenvalue weighted by Gasteiger charge is -2.35. The molecule has 3 aromatic rings. The number of furan rings is 1. The molecule has 36 heavy (non-hydrogen) atoms. The molecule has 0 saturated carbocycles. The van der Waals surface area contributed by atoms with Gasteiger partial charge in [0, 0.05) is 51.4 Å². The van der Waals surface area contributed by atoms with Gasteiger partial charge in [0.25, 0.3) is 11.8 Å². The van der Waals surface area contributed by atoms with E-state index in [-0.39, 0.29) is 11.8 Å². The van der Waals surface area contributed by atoms with Crippen LogP contribution in [0, 0.1) is 0 Å². The largest absolute Gasteiger partial charge is 0.496 e. The zero-order chi connectivity index (χ0) is 25.3. The Morgan fingerprint density at radius 3 is 2.50 bits per heavy atom. The minimum Gasteiger partial charge on any atom is -0.496 e. The maximum atomic E-state index is 13.4. The summed E-state index contributed by atoms with van der Waals surface area (Å²) in [6, 6.07) is 18.3. The molecule has 0 bridgehead atoms. The van der Waals surface area contributed by atoms with Crippen LogP contribution >= 0.6 is 11.6 Å². The molecule has 1 fully saturated rings. The molecule has 0 aliphatic carbocycles. The van der Waals surface area contributed by atoms with Gasteiger partial charge in [-0.2, -0.15) is 0 Å². The predicted molar refractivity (Wildman–Crippen MR) is 140 cm³/mol. The summed E-state index contributed by atoms with van der Waals surface area (Å²) < 4.78 is 10.7. The van der Waals surface area contributed by atoms with E-state index in [0.29, 0.717) is 49.1 Å². The summed E-state index contributed by atoms with van der Waals surface area (Å²) in [5.74, 6) is 0.940. The summed E-state index contributed by atoms with van der Waals surface area (Å²) in [6.45, 7) is 4.36. The summed E-state index contributed by atoms with van der Waals surface area (Å²) >= 11 is 6.33. The van der Waals surface area contributed by atoms with Gasteiger partial charge in [-0.25, -0.2) is 0 Å². The van der Waals surface area contributed by atoms with Crippen LogP contribution in [0.25, 0.3) is 6.08 Å². The highest BCUT2D eigenvalue weighted by Gasteiger charge is 2.24. The highest BCUT2D eigenvalue weighted by molar-refractivity contribution is 6.33. The molecule has 1 saturated heterocycles. The van der Waals surface area contributed by atoms with E-state index in [2.05, 4.69) is 4.90 Å². The van der Waals surface area contributed by atoms with E-state index in [9.17, 15) is 9.59 Å². The van der Waals surface area contributed by atoms with Crippen LogP contribution < -0.4 is 4.74 Å². The van der Waals surface area contributed by atoms with Crippen molar-refractivity contribution in [2.75, 3.05) is 52.9 Å². The molecule has 4 rings (SSSR count). The summed E-state index contributed by atoms with van der Waals surface area (Å²) in [5, 5.41) is 0.436. The molecule has 0 N–H and O–H groups in total. The first-order chi connectivity index (χ1) is 17.6. The van der Waals surface area contributed by atoms with Crippen LogP contribution in [0.15, 0.2) is 77.4 Å². The minimum absolute atomic E-state index is 0.0864. The number of benzene rings is 2. The van der Waals surface area contributed by atoms with Crippen molar-refractivity contribution in [1.82, 2.24) is 14.7 Å². The van der Waals surface area contributed by atoms with E-state index in [4.69, 9.17) is 20.8 Å². The van der Waals surface area contributed by atoms with Gasteiger partial charge in [-0.05, 0) is 30.3 Å². The third-order valence-corrected chi connectivity index (χ3v) is 6.56. The maximum absolute atomic E-state index is 13.4. The average Bonchev–Trinajstić information content (AvgIpc) is 3.46. The molecule has 0 atom stereocenters. The van der Waals surface area contributed by atoms with E-state index in [0.717, 1.165) is 24.4 Å². The number of halogens is 1. The van der Waals surface area contributed by atoms with Gasteiger partial charge in [-0.1, -0.05) is 54.1 Å². The Morgan fingerprint density at radius 1 is 1.03 bits per heavy atom. The lowest BCUT2D eigenvalue weighted by molar-refractivity contribution is 0.0583. The number of amides is 2. The van der Waals surface area contributed by atoms with Crippen molar-refractivity contribution >= 4 is 29.5 Å². The molecule has 2 amide bonds. The standard InChI is InChI=1S/C28H30ClN3O4/c1-35-25-12-5-2-8-22(25)9-6-14-31(27(33)23-10-3-4-11-24(23)29)18-15-30-16-19-32(20-17-30)28(34)26-13-7-21-36-26/h2-13,21H,14-20H2,1H3/b9-6+. The molecular weight excluding hydrogens is 478 g/mol. The van der Waals surface area contributed by atoms with E-state index in [1.807, 2.05) is 48.6 Å². The SMILES string of the molecule is COc1ccccc1/C=C/CN(CCN1CCN(C(=O)c2ccco2)CC1)C(=O)c1ccccc1Cl. The zero-order valence-corrected chi connectivity index (χ0v) is 21.1. The molecule has 1 aromatic heterocycles. The highest BCUT2D eigenvalue weighted by Crippen LogP contribution is 2.20. The van der Waals surface area contributed by atoms with Gasteiger partial charge in [0.05, 0.1) is 24.0 Å². The Morgan fingerprint density at radius 2 is 1.78 bits per heavy atom. The number of hydrogen-bond acceptors (Lipinski definition) is 5. The second kappa shape index (κ2) is 12.4. The minimum atomic E-state index is -0.114. The first-order valence-corrected chi connectivity index (χ1v) is 12.3. The van der Waals surface area contributed by atoms with E-state index < -0.39 is 0 Å². The van der Waals surface area contributed by atoms with Crippen LogP contribution in [0.1, 0.15) is 26.5 Å². The number of carbonyl (C=O) groups is 2. The molecule has 0 radical (unpaired) electrons. The van der Waals surface area contributed by atoms with Crippen molar-refractivity contribution in [3.8, 4) is 5.75 Å². The summed E-state index contributed by atoms with van der Waals surface area (Å²) in [5.41, 5.74) is 1.43. The van der Waals surface area contributed by atoms with Crippen molar-refractivity contribution < 1.29 is 18.7 Å². The fourth-order valence-corrected chi connectivity index (χ4v) is 4.40. The van der Waals surface area contributed by atoms with E-state index in [1.54, 1.807) is 41.2 Å². The van der Waals surface area contributed by atoms with E-state index in [1.165, 1.54) is 6.26 Å². The zero-order valence-electron chi connectivity index (χ0n) is 20.3. The summed E-state index contributed by atoms with van der Waals surface area (Å²) in [4.78, 5) is 31.8. The second-order valence-corrected chi connectivity index (χ2v) is 8.89. The molecule has 188 valence electrons. The third-order valence-electron chi connectivity index (χ3n) is 6.23. The first kappa shape index (κ1) is 25.5. The van der Waals surface area contributed by atoms with Crippen molar-refractivity contribution in [3.05, 3.63) is 94.9 Å². The summed E-state index contributed by atoms with van der Waals surface area (Å²) in [7, 11) is 1.64. The number of nitrogens with zero attached hydrogens (tertiary/aromatic N) is 3. The normalized spacial score (nSPS) is 14.2. The van der Waals surface area contributed by atoms with Crippen LogP contribution in [0.4, 0.5) is 0 Å². The van der Waals surface area contributed by atoms with Crippen LogP contribution in [-0.2, 0) is 0 Å². The van der Waals surface area contributed by atoms with Crippen LogP contribution in [0.2, 0.25) is 5.02 Å². The van der Waals surface area contributed by atoms with Crippen molar-refractivity contribution in [1.29, 1.82) is 0 Å². The maximum Gasteiger partial charge on any atom is 0.289 e. The fourth-order valence-electron chi connectivity index (χ4n) is 4.18. The van der Waals surface area contributed by atoms with Crippen LogP contribution in [-0.4, -0.2) is 79.4 Å². The average molecular weight is 508 g/mol. The van der Waals surface area contributed by atoms with Gasteiger partial charge in [-0.15, -0.1) is 0 Å². The lowest BCUT2D eigenvalue weighted by atomic mass is 10.1. The number of carbonyl (C=O) groups excluding carboxylic acids is 2. The molecule has 2 aromatic carbocycles. The van der Waals surface area contributed by atoms with Crippen molar-refractivity contribution in [2.24, 2.45) is 0 Å². The summed E-state index contributed by atoms with van der Waals surface area (Å²) in [6.07, 6.45) is 5.44. The quantitative estimate of drug-likeness (QED) is 0.425. The third kappa shape index (κ3) is 6.36. The van der Waals surface area contributed by atoms with Gasteiger partial charge in [-0.3, -0.25) is 14.5 Å². The smallest absolute Gasteiger partial charge is 0.289 e. The van der Waals surface area contributed by atoms with Crippen molar-refractivity contribution in [2.45, 2.75) is 0 Å². The number of hydrogen-bond donors (Lipinski definition) is 0. The molecule has 8 heteroatoms.